The van der Waals surface area contributed by atoms with Gasteiger partial charge >= 0.3 is 0 Å². The highest BCUT2D eigenvalue weighted by Gasteiger charge is 2.32. The van der Waals surface area contributed by atoms with E-state index in [1.54, 1.807) is 0 Å². The molecule has 0 N–H and O–H groups in total. The zero-order valence-electron chi connectivity index (χ0n) is 7.02. The van der Waals surface area contributed by atoms with Crippen LogP contribution in [0.3, 0.4) is 0 Å². The lowest BCUT2D eigenvalue weighted by molar-refractivity contribution is 0.195. The summed E-state index contributed by atoms with van der Waals surface area (Å²) in [6, 6.07) is 0. The Labute approximate surface area is 77.3 Å². The van der Waals surface area contributed by atoms with Crippen molar-refractivity contribution in [2.24, 2.45) is 5.92 Å². The Morgan fingerprint density at radius 2 is 2.20 bits per heavy atom. The molecule has 1 aliphatic rings. The highest BCUT2D eigenvalue weighted by atomic mass is 127. The van der Waals surface area contributed by atoms with Crippen molar-refractivity contribution in [2.45, 2.75) is 23.7 Å². The van der Waals surface area contributed by atoms with E-state index in [4.69, 9.17) is 0 Å². The molecule has 1 fully saturated rings. The average molecular weight is 253 g/mol. The number of halogens is 1. The van der Waals surface area contributed by atoms with Crippen molar-refractivity contribution >= 4 is 22.6 Å². The van der Waals surface area contributed by atoms with Gasteiger partial charge in [0.25, 0.3) is 0 Å². The van der Waals surface area contributed by atoms with Crippen molar-refractivity contribution in [3.05, 3.63) is 0 Å². The molecule has 0 amide bonds. The molecule has 0 radical (unpaired) electrons. The number of rotatable bonds is 0. The smallest absolute Gasteiger partial charge is 0.0244 e. The van der Waals surface area contributed by atoms with Gasteiger partial charge in [-0.15, -0.1) is 0 Å². The predicted octanol–water partition coefficient (Wildman–Crippen LogP) is 2.15. The van der Waals surface area contributed by atoms with Crippen LogP contribution in [0.2, 0.25) is 0 Å². The predicted molar refractivity (Wildman–Crippen MR) is 53.7 cm³/mol. The molecule has 10 heavy (non-hydrogen) atoms. The number of hydrogen-bond donors (Lipinski definition) is 0. The zero-order valence-corrected chi connectivity index (χ0v) is 9.18. The lowest BCUT2D eigenvalue weighted by Gasteiger charge is -2.39. The van der Waals surface area contributed by atoms with Crippen molar-refractivity contribution in [1.82, 2.24) is 4.90 Å². The van der Waals surface area contributed by atoms with E-state index in [1.165, 1.54) is 19.5 Å². The first-order valence-corrected chi connectivity index (χ1v) is 4.98. The van der Waals surface area contributed by atoms with Crippen LogP contribution < -0.4 is 0 Å². The molecule has 1 aliphatic heterocycles. The van der Waals surface area contributed by atoms with Crippen molar-refractivity contribution in [2.75, 3.05) is 20.1 Å². The molecule has 0 bridgehead atoms. The Kier molecular flexibility index (Phi) is 2.61. The van der Waals surface area contributed by atoms with Gasteiger partial charge in [0.15, 0.2) is 0 Å². The lowest BCUT2D eigenvalue weighted by atomic mass is 9.89. The van der Waals surface area contributed by atoms with Crippen molar-refractivity contribution in [1.29, 1.82) is 0 Å². The Hall–Kier alpha value is 0.690. The average Bonchev–Trinajstić information content (AvgIpc) is 1.81. The second kappa shape index (κ2) is 2.97. The third kappa shape index (κ3) is 1.84. The van der Waals surface area contributed by atoms with E-state index in [0.717, 1.165) is 5.92 Å². The van der Waals surface area contributed by atoms with Crippen LogP contribution in [-0.4, -0.2) is 28.5 Å². The molecule has 0 unspecified atom stereocenters. The Bertz CT molecular complexity index is 122. The van der Waals surface area contributed by atoms with Crippen molar-refractivity contribution in [3.8, 4) is 0 Å². The van der Waals surface area contributed by atoms with E-state index in [-0.39, 0.29) is 0 Å². The molecule has 60 valence electrons. The monoisotopic (exact) mass is 253 g/mol. The fraction of sp³-hybridized carbons (Fsp3) is 1.00. The van der Waals surface area contributed by atoms with E-state index < -0.39 is 0 Å². The van der Waals surface area contributed by atoms with Gasteiger partial charge in [0.05, 0.1) is 0 Å². The fourth-order valence-corrected chi connectivity index (χ4v) is 1.84. The number of piperidine rings is 1. The lowest BCUT2D eigenvalue weighted by Crippen LogP contribution is -2.43. The van der Waals surface area contributed by atoms with Crippen LogP contribution in [0.5, 0.6) is 0 Å². The molecule has 0 aliphatic carbocycles. The topological polar surface area (TPSA) is 3.24 Å². The highest BCUT2D eigenvalue weighted by Crippen LogP contribution is 2.35. The third-order valence-electron chi connectivity index (χ3n) is 2.60. The van der Waals surface area contributed by atoms with E-state index in [1.807, 2.05) is 0 Å². The first kappa shape index (κ1) is 8.78. The molecular formula is C8H16IN. The Morgan fingerprint density at radius 3 is 2.60 bits per heavy atom. The molecule has 1 heterocycles. The van der Waals surface area contributed by atoms with Crippen molar-refractivity contribution in [3.63, 3.8) is 0 Å². The first-order chi connectivity index (χ1) is 4.52. The molecule has 0 aromatic heterocycles. The van der Waals surface area contributed by atoms with Gasteiger partial charge in [0.1, 0.15) is 0 Å². The minimum Gasteiger partial charge on any atom is -0.306 e. The van der Waals surface area contributed by atoms with E-state index in [2.05, 4.69) is 48.4 Å². The first-order valence-electron chi connectivity index (χ1n) is 3.90. The minimum absolute atomic E-state index is 0.546. The van der Waals surface area contributed by atoms with E-state index >= 15 is 0 Å². The second-order valence-electron chi connectivity index (χ2n) is 3.69. The van der Waals surface area contributed by atoms with Gasteiger partial charge in [0, 0.05) is 9.97 Å². The molecule has 1 saturated heterocycles. The van der Waals surface area contributed by atoms with E-state index in [9.17, 15) is 0 Å². The molecule has 1 nitrogen and oxygen atoms in total. The second-order valence-corrected chi connectivity index (χ2v) is 6.16. The minimum atomic E-state index is 0.546. The summed E-state index contributed by atoms with van der Waals surface area (Å²) in [4.78, 5) is 2.42. The van der Waals surface area contributed by atoms with Crippen LogP contribution in [-0.2, 0) is 0 Å². The van der Waals surface area contributed by atoms with Gasteiger partial charge in [0.2, 0.25) is 0 Å². The van der Waals surface area contributed by atoms with Gasteiger partial charge in [-0.25, -0.2) is 0 Å². The number of hydrogen-bond acceptors (Lipinski definition) is 1. The van der Waals surface area contributed by atoms with Crippen LogP contribution in [0.25, 0.3) is 0 Å². The zero-order chi connectivity index (χ0) is 7.78. The summed E-state index contributed by atoms with van der Waals surface area (Å²) in [6.07, 6.45) is 1.34. The summed E-state index contributed by atoms with van der Waals surface area (Å²) in [5, 5.41) is 0. The number of likely N-dealkylation sites (tertiary alicyclic amines) is 1. The molecule has 0 spiro atoms. The standard InChI is InChI=1S/C8H16IN/c1-7-6-10(3)5-4-8(7,2)9/h7H,4-6H2,1-3H3/t7-,8+/m0/s1. The highest BCUT2D eigenvalue weighted by molar-refractivity contribution is 14.1. The van der Waals surface area contributed by atoms with Crippen LogP contribution in [0, 0.1) is 5.92 Å². The molecular weight excluding hydrogens is 237 g/mol. The summed E-state index contributed by atoms with van der Waals surface area (Å²) in [6.45, 7) is 7.25. The van der Waals surface area contributed by atoms with Gasteiger partial charge in [-0.05, 0) is 25.9 Å². The quantitative estimate of drug-likeness (QED) is 0.472. The number of nitrogens with zero attached hydrogens (tertiary/aromatic N) is 1. The maximum Gasteiger partial charge on any atom is 0.0244 e. The maximum atomic E-state index is 2.60. The van der Waals surface area contributed by atoms with Crippen molar-refractivity contribution < 1.29 is 0 Å². The molecule has 0 aromatic rings. The third-order valence-corrected chi connectivity index (χ3v) is 4.20. The fourth-order valence-electron chi connectivity index (χ4n) is 1.41. The largest absolute Gasteiger partial charge is 0.306 e. The van der Waals surface area contributed by atoms with Crippen LogP contribution in [0.4, 0.5) is 0 Å². The maximum absolute atomic E-state index is 2.60. The van der Waals surface area contributed by atoms with Crippen LogP contribution >= 0.6 is 22.6 Å². The molecule has 2 atom stereocenters. The SMILES string of the molecule is C[C@H]1CN(C)CC[C@@]1(C)I. The van der Waals surface area contributed by atoms with Gasteiger partial charge < -0.3 is 4.90 Å². The molecule has 2 heteroatoms. The van der Waals surface area contributed by atoms with Crippen LogP contribution in [0.15, 0.2) is 0 Å². The Morgan fingerprint density at radius 1 is 1.60 bits per heavy atom. The Balaban J connectivity index is 2.52. The summed E-state index contributed by atoms with van der Waals surface area (Å²) in [5.74, 6) is 0.840. The van der Waals surface area contributed by atoms with Crippen LogP contribution in [0.1, 0.15) is 20.3 Å². The summed E-state index contributed by atoms with van der Waals surface area (Å²) in [5.41, 5.74) is 0. The summed E-state index contributed by atoms with van der Waals surface area (Å²) >= 11 is 2.60. The van der Waals surface area contributed by atoms with Gasteiger partial charge in [-0.2, -0.15) is 0 Å². The van der Waals surface area contributed by atoms with E-state index in [0.29, 0.717) is 3.42 Å². The molecule has 0 saturated carbocycles. The summed E-state index contributed by atoms with van der Waals surface area (Å²) in [7, 11) is 2.21. The number of alkyl halides is 1. The summed E-state index contributed by atoms with van der Waals surface area (Å²) < 4.78 is 0.546. The molecule has 1 rings (SSSR count). The molecule has 0 aromatic carbocycles. The van der Waals surface area contributed by atoms with Gasteiger partial charge in [-0.1, -0.05) is 36.4 Å². The van der Waals surface area contributed by atoms with Gasteiger partial charge in [-0.3, -0.25) is 0 Å². The normalized spacial score (nSPS) is 43.8.